The number of likely N-dealkylation sites (tertiary alicyclic amines) is 1. The maximum Gasteiger partial charge on any atom is 0.224 e. The largest absolute Gasteiger partial charge is 0.341 e. The summed E-state index contributed by atoms with van der Waals surface area (Å²) >= 11 is 0. The first-order valence-electron chi connectivity index (χ1n) is 9.29. The zero-order valence-electron chi connectivity index (χ0n) is 14.6. The molecule has 1 unspecified atom stereocenters. The van der Waals surface area contributed by atoms with Crippen LogP contribution in [-0.4, -0.2) is 39.4 Å². The van der Waals surface area contributed by atoms with Crippen molar-refractivity contribution in [1.29, 1.82) is 0 Å². The number of hydrogen-bond acceptors (Lipinski definition) is 3. The lowest BCUT2D eigenvalue weighted by Crippen LogP contribution is -2.39. The Hall–Kier alpha value is -2.66. The van der Waals surface area contributed by atoms with E-state index in [4.69, 9.17) is 0 Å². The summed E-state index contributed by atoms with van der Waals surface area (Å²) in [5, 5.41) is 3.51. The van der Waals surface area contributed by atoms with Crippen LogP contribution in [0.25, 0.3) is 11.0 Å². The van der Waals surface area contributed by atoms with Gasteiger partial charge in [0, 0.05) is 25.0 Å². The number of carbonyl (C=O) groups excluding carboxylic acids is 1. The number of hydrogen-bond donors (Lipinski definition) is 2. The van der Waals surface area contributed by atoms with Gasteiger partial charge in [-0.05, 0) is 36.1 Å². The number of nitrogens with zero attached hydrogens (tertiary/aromatic N) is 2. The van der Waals surface area contributed by atoms with Crippen LogP contribution in [0.1, 0.15) is 23.4 Å². The Kier molecular flexibility index (Phi) is 3.75. The minimum absolute atomic E-state index is 0.194. The molecule has 1 fully saturated rings. The fourth-order valence-electron chi connectivity index (χ4n) is 4.31. The van der Waals surface area contributed by atoms with E-state index >= 15 is 0 Å². The molecule has 2 aliphatic rings. The first-order chi connectivity index (χ1) is 12.8. The van der Waals surface area contributed by atoms with E-state index in [1.54, 1.807) is 0 Å². The highest BCUT2D eigenvalue weighted by molar-refractivity contribution is 5.80. The van der Waals surface area contributed by atoms with Crippen LogP contribution in [-0.2, 0) is 24.2 Å². The highest BCUT2D eigenvalue weighted by atomic mass is 16.2. The molecular formula is C21H22N4O. The van der Waals surface area contributed by atoms with Crippen LogP contribution in [0.4, 0.5) is 0 Å². The maximum atomic E-state index is 12.5. The fourth-order valence-corrected chi connectivity index (χ4v) is 4.31. The van der Waals surface area contributed by atoms with Gasteiger partial charge in [0.25, 0.3) is 0 Å². The average Bonchev–Trinajstić information content (AvgIpc) is 3.35. The number of aromatic nitrogens is 2. The average molecular weight is 346 g/mol. The number of nitrogens with one attached hydrogen (secondary N) is 2. The Morgan fingerprint density at radius 3 is 2.54 bits per heavy atom. The standard InChI is InChI=1S/C21H22N4O/c26-21-11-16(22-12-20-23-18-7-3-4-8-19(18)24-20)13-25(21)17-9-14-5-1-2-6-15(14)10-17/h1-8,16-17,22H,9-13H2,(H,23,24). The second kappa shape index (κ2) is 6.25. The van der Waals surface area contributed by atoms with Crippen molar-refractivity contribution in [1.82, 2.24) is 20.2 Å². The lowest BCUT2D eigenvalue weighted by atomic mass is 10.1. The van der Waals surface area contributed by atoms with Gasteiger partial charge in [0.1, 0.15) is 5.82 Å². The highest BCUT2D eigenvalue weighted by Crippen LogP contribution is 2.28. The molecule has 5 heteroatoms. The van der Waals surface area contributed by atoms with Crippen molar-refractivity contribution in [3.8, 4) is 0 Å². The first-order valence-corrected chi connectivity index (χ1v) is 9.29. The molecular weight excluding hydrogens is 324 g/mol. The number of benzene rings is 2. The van der Waals surface area contributed by atoms with Crippen molar-refractivity contribution in [3.05, 3.63) is 65.5 Å². The van der Waals surface area contributed by atoms with Crippen LogP contribution in [0.2, 0.25) is 0 Å². The van der Waals surface area contributed by atoms with Crippen molar-refractivity contribution in [2.75, 3.05) is 6.54 Å². The molecule has 1 atom stereocenters. The number of aromatic amines is 1. The molecule has 132 valence electrons. The monoisotopic (exact) mass is 346 g/mol. The molecule has 2 aromatic carbocycles. The minimum Gasteiger partial charge on any atom is -0.341 e. The van der Waals surface area contributed by atoms with E-state index in [0.717, 1.165) is 36.2 Å². The molecule has 3 aromatic rings. The summed E-state index contributed by atoms with van der Waals surface area (Å²) in [6.07, 6.45) is 2.55. The molecule has 0 spiro atoms. The second-order valence-corrected chi connectivity index (χ2v) is 7.36. The van der Waals surface area contributed by atoms with Gasteiger partial charge in [-0.25, -0.2) is 4.98 Å². The molecule has 0 radical (unpaired) electrons. The topological polar surface area (TPSA) is 61.0 Å². The molecule has 1 saturated heterocycles. The van der Waals surface area contributed by atoms with Crippen LogP contribution in [0.15, 0.2) is 48.5 Å². The van der Waals surface area contributed by atoms with E-state index in [0.29, 0.717) is 19.0 Å². The van der Waals surface area contributed by atoms with Gasteiger partial charge in [0.15, 0.2) is 0 Å². The third-order valence-corrected chi connectivity index (χ3v) is 5.63. The molecule has 0 saturated carbocycles. The number of fused-ring (bicyclic) bond motifs is 2. The molecule has 1 amide bonds. The fraction of sp³-hybridized carbons (Fsp3) is 0.333. The maximum absolute atomic E-state index is 12.5. The van der Waals surface area contributed by atoms with Gasteiger partial charge in [0.2, 0.25) is 5.91 Å². The van der Waals surface area contributed by atoms with Gasteiger partial charge in [0.05, 0.1) is 17.6 Å². The number of rotatable bonds is 4. The number of carbonyl (C=O) groups is 1. The summed E-state index contributed by atoms with van der Waals surface area (Å²) in [4.78, 5) is 22.6. The quantitative estimate of drug-likeness (QED) is 0.763. The Bertz CT molecular complexity index is 905. The lowest BCUT2D eigenvalue weighted by Gasteiger charge is -2.24. The molecule has 0 bridgehead atoms. The van der Waals surface area contributed by atoms with Crippen LogP contribution in [0.3, 0.4) is 0 Å². The summed E-state index contributed by atoms with van der Waals surface area (Å²) in [7, 11) is 0. The van der Waals surface area contributed by atoms with Crippen molar-refractivity contribution in [2.24, 2.45) is 0 Å². The van der Waals surface area contributed by atoms with Crippen LogP contribution in [0, 0.1) is 0 Å². The smallest absolute Gasteiger partial charge is 0.224 e. The predicted octanol–water partition coefficient (Wildman–Crippen LogP) is 2.42. The Morgan fingerprint density at radius 2 is 1.77 bits per heavy atom. The first kappa shape index (κ1) is 15.6. The van der Waals surface area contributed by atoms with E-state index in [2.05, 4.69) is 44.5 Å². The van der Waals surface area contributed by atoms with E-state index in [-0.39, 0.29) is 11.9 Å². The predicted molar refractivity (Wildman–Crippen MR) is 101 cm³/mol. The molecule has 1 aliphatic carbocycles. The van der Waals surface area contributed by atoms with E-state index in [1.165, 1.54) is 11.1 Å². The summed E-state index contributed by atoms with van der Waals surface area (Å²) in [5.74, 6) is 1.19. The molecule has 5 rings (SSSR count). The zero-order chi connectivity index (χ0) is 17.5. The molecule has 2 N–H and O–H groups in total. The Morgan fingerprint density at radius 1 is 1.04 bits per heavy atom. The van der Waals surface area contributed by atoms with E-state index in [1.807, 2.05) is 24.3 Å². The van der Waals surface area contributed by atoms with Crippen LogP contribution in [0.5, 0.6) is 0 Å². The van der Waals surface area contributed by atoms with Gasteiger partial charge in [-0.3, -0.25) is 4.79 Å². The Labute approximate surface area is 152 Å². The number of imidazole rings is 1. The van der Waals surface area contributed by atoms with E-state index < -0.39 is 0 Å². The summed E-state index contributed by atoms with van der Waals surface area (Å²) in [5.41, 5.74) is 4.82. The Balaban J connectivity index is 1.22. The van der Waals surface area contributed by atoms with Crippen LogP contribution < -0.4 is 5.32 Å². The number of para-hydroxylation sites is 2. The summed E-state index contributed by atoms with van der Waals surface area (Å²) < 4.78 is 0. The van der Waals surface area contributed by atoms with Gasteiger partial charge in [-0.2, -0.15) is 0 Å². The van der Waals surface area contributed by atoms with Crippen molar-refractivity contribution >= 4 is 16.9 Å². The van der Waals surface area contributed by atoms with Crippen molar-refractivity contribution in [3.63, 3.8) is 0 Å². The van der Waals surface area contributed by atoms with E-state index in [9.17, 15) is 4.79 Å². The van der Waals surface area contributed by atoms with Crippen molar-refractivity contribution in [2.45, 2.75) is 37.9 Å². The van der Waals surface area contributed by atoms with Crippen molar-refractivity contribution < 1.29 is 4.79 Å². The molecule has 1 aromatic heterocycles. The summed E-state index contributed by atoms with van der Waals surface area (Å²) in [6, 6.07) is 17.1. The second-order valence-electron chi connectivity index (χ2n) is 7.36. The van der Waals surface area contributed by atoms with Gasteiger partial charge >= 0.3 is 0 Å². The highest BCUT2D eigenvalue weighted by Gasteiger charge is 2.36. The normalized spacial score (nSPS) is 20.2. The van der Waals surface area contributed by atoms with Gasteiger partial charge < -0.3 is 15.2 Å². The molecule has 1 aliphatic heterocycles. The third kappa shape index (κ3) is 2.78. The number of amides is 1. The summed E-state index contributed by atoms with van der Waals surface area (Å²) in [6.45, 7) is 1.45. The molecule has 5 nitrogen and oxygen atoms in total. The third-order valence-electron chi connectivity index (χ3n) is 5.63. The van der Waals surface area contributed by atoms with Crippen LogP contribution >= 0.6 is 0 Å². The number of H-pyrrole nitrogens is 1. The minimum atomic E-state index is 0.194. The molecule has 26 heavy (non-hydrogen) atoms. The van der Waals surface area contributed by atoms with Gasteiger partial charge in [-0.15, -0.1) is 0 Å². The lowest BCUT2D eigenvalue weighted by molar-refractivity contribution is -0.129. The molecule has 2 heterocycles. The zero-order valence-corrected chi connectivity index (χ0v) is 14.6. The SMILES string of the molecule is O=C1CC(NCc2nc3ccccc3[nH]2)CN1C1Cc2ccccc2C1. The van der Waals surface area contributed by atoms with Gasteiger partial charge in [-0.1, -0.05) is 36.4 Å².